The minimum atomic E-state index is -0.296. The zero-order chi connectivity index (χ0) is 29.3. The largest absolute Gasteiger partial charge is 0.294 e. The number of allylic oxidation sites excluding steroid dienone is 1. The van der Waals surface area contributed by atoms with Gasteiger partial charge in [0.25, 0.3) is 0 Å². The van der Waals surface area contributed by atoms with Crippen molar-refractivity contribution in [1.82, 2.24) is 9.78 Å². The molecule has 0 radical (unpaired) electrons. The summed E-state index contributed by atoms with van der Waals surface area (Å²) in [5.74, 6) is -0.0362. The lowest BCUT2D eigenvalue weighted by molar-refractivity contribution is 0.101. The van der Waals surface area contributed by atoms with Crippen LogP contribution in [-0.4, -0.2) is 27.1 Å². The number of hydrogen-bond donors (Lipinski definition) is 0. The van der Waals surface area contributed by atoms with E-state index in [1.807, 2.05) is 52.8 Å². The summed E-state index contributed by atoms with van der Waals surface area (Å²) in [7, 11) is 0. The molecule has 0 spiro atoms. The zero-order valence-electron chi connectivity index (χ0n) is 24.2. The maximum atomic E-state index is 13.0. The number of benzene rings is 2. The molecule has 7 heteroatoms. The normalized spacial score (nSPS) is 14.4. The predicted octanol–water partition coefficient (Wildman–Crippen LogP) is 8.75. The Labute approximate surface area is 236 Å². The molecule has 0 saturated carbocycles. The van der Waals surface area contributed by atoms with Crippen molar-refractivity contribution in [1.29, 1.82) is 0 Å². The Kier molecular flexibility index (Phi) is 11.5. The third-order valence-corrected chi connectivity index (χ3v) is 6.34. The van der Waals surface area contributed by atoms with Crippen molar-refractivity contribution in [3.05, 3.63) is 88.5 Å². The molecule has 1 aliphatic rings. The van der Waals surface area contributed by atoms with Gasteiger partial charge in [-0.25, -0.2) is 4.39 Å². The minimum Gasteiger partial charge on any atom is -0.294 e. The van der Waals surface area contributed by atoms with Crippen molar-refractivity contribution in [2.75, 3.05) is 0 Å². The summed E-state index contributed by atoms with van der Waals surface area (Å²) in [5, 5.41) is 4.81. The quantitative estimate of drug-likeness (QED) is 0.298. The van der Waals surface area contributed by atoms with Gasteiger partial charge in [-0.05, 0) is 88.4 Å². The lowest BCUT2D eigenvalue weighted by Crippen LogP contribution is -2.24. The maximum Gasteiger partial charge on any atom is 0.208 e. The fourth-order valence-corrected chi connectivity index (χ4v) is 4.18. The van der Waals surface area contributed by atoms with Crippen LogP contribution < -0.4 is 0 Å². The molecule has 208 valence electrons. The molecule has 2 heterocycles. The number of Topliss-reactive ketones (excluding diaryl/α,β-unsaturated/α-hetero) is 2. The first-order valence-corrected chi connectivity index (χ1v) is 13.7. The molecule has 39 heavy (non-hydrogen) atoms. The van der Waals surface area contributed by atoms with Crippen LogP contribution in [0, 0.1) is 11.7 Å². The van der Waals surface area contributed by atoms with E-state index in [0.29, 0.717) is 34.2 Å². The highest BCUT2D eigenvalue weighted by Gasteiger charge is 2.24. The van der Waals surface area contributed by atoms with Gasteiger partial charge < -0.3 is 0 Å². The van der Waals surface area contributed by atoms with E-state index < -0.39 is 0 Å². The molecular weight excluding hydrogens is 513 g/mol. The summed E-state index contributed by atoms with van der Waals surface area (Å²) in [6, 6.07) is 11.7. The number of nitrogens with zero attached hydrogens (tertiary/aromatic N) is 3. The number of ketones is 2. The standard InChI is InChI=1S/C15H16ClNO.C15H17FN2O.C2H6/c1-3-11-4-5-13(16)12(9-11)15(18)14-8-10(2)6-7-17-14;1-10(19)13-9-17-18(15(2,3)4)14(13)11-5-7-12(16)8-6-11;1-2/h4-7,9-10H,3,8H2,1-2H3;5-9H,1-4H3;1-2H3/t10-;;/m0../s1. The number of rotatable bonds is 5. The first-order valence-electron chi connectivity index (χ1n) is 13.3. The number of carbonyl (C=O) groups excluding carboxylic acids is 2. The van der Waals surface area contributed by atoms with Gasteiger partial charge in [-0.3, -0.25) is 19.3 Å². The Morgan fingerprint density at radius 1 is 1.08 bits per heavy atom. The molecule has 0 amide bonds. The van der Waals surface area contributed by atoms with Gasteiger partial charge in [0.2, 0.25) is 5.78 Å². The Balaban J connectivity index is 0.000000258. The molecule has 0 saturated heterocycles. The summed E-state index contributed by atoms with van der Waals surface area (Å²) in [4.78, 5) is 28.3. The average molecular weight is 552 g/mol. The highest BCUT2D eigenvalue weighted by atomic mass is 35.5. The van der Waals surface area contributed by atoms with Crippen molar-refractivity contribution in [3.8, 4) is 11.3 Å². The highest BCUT2D eigenvalue weighted by molar-refractivity contribution is 6.49. The Bertz CT molecular complexity index is 1350. The number of aromatic nitrogens is 2. The summed E-state index contributed by atoms with van der Waals surface area (Å²) in [6.45, 7) is 15.7. The minimum absolute atomic E-state index is 0.0465. The summed E-state index contributed by atoms with van der Waals surface area (Å²) in [6.07, 6.45) is 6.86. The summed E-state index contributed by atoms with van der Waals surface area (Å²) >= 11 is 6.11. The zero-order valence-corrected chi connectivity index (χ0v) is 24.9. The van der Waals surface area contributed by atoms with Gasteiger partial charge in [0.15, 0.2) is 5.78 Å². The molecule has 0 unspecified atom stereocenters. The van der Waals surface area contributed by atoms with Crippen LogP contribution >= 0.6 is 11.6 Å². The van der Waals surface area contributed by atoms with E-state index in [4.69, 9.17) is 11.6 Å². The van der Waals surface area contributed by atoms with Gasteiger partial charge in [-0.2, -0.15) is 5.10 Å². The first kappa shape index (κ1) is 31.8. The Hall–Kier alpha value is -3.38. The summed E-state index contributed by atoms with van der Waals surface area (Å²) < 4.78 is 14.8. The van der Waals surface area contributed by atoms with Crippen molar-refractivity contribution >= 4 is 28.9 Å². The molecule has 0 bridgehead atoms. The number of halogens is 2. The molecule has 0 aliphatic carbocycles. The van der Waals surface area contributed by atoms with Crippen LogP contribution in [0.25, 0.3) is 11.3 Å². The fraction of sp³-hybridized carbons (Fsp3) is 0.375. The van der Waals surface area contributed by atoms with Gasteiger partial charge in [0.1, 0.15) is 5.82 Å². The molecule has 1 aromatic heterocycles. The molecular formula is C32H39ClFN3O2. The first-order chi connectivity index (χ1) is 18.4. The van der Waals surface area contributed by atoms with E-state index >= 15 is 0 Å². The third kappa shape index (κ3) is 8.30. The number of aliphatic imine (C=N–C) groups is 1. The van der Waals surface area contributed by atoms with Crippen LogP contribution in [0.15, 0.2) is 65.9 Å². The van der Waals surface area contributed by atoms with E-state index in [9.17, 15) is 14.0 Å². The second-order valence-corrected chi connectivity index (χ2v) is 10.6. The van der Waals surface area contributed by atoms with E-state index in [1.165, 1.54) is 19.1 Å². The Morgan fingerprint density at radius 3 is 2.26 bits per heavy atom. The second kappa shape index (κ2) is 14.1. The van der Waals surface area contributed by atoms with Gasteiger partial charge >= 0.3 is 0 Å². The van der Waals surface area contributed by atoms with Crippen molar-refractivity contribution in [2.45, 2.75) is 73.8 Å². The molecule has 1 aliphatic heterocycles. The monoisotopic (exact) mass is 551 g/mol. The predicted molar refractivity (Wildman–Crippen MR) is 159 cm³/mol. The SMILES string of the molecule is CC.CC(=O)c1cnn(C(C)(C)C)c1-c1ccc(F)cc1.CCc1ccc(Cl)c(C(=O)C2=NC=C[C@H](C)C2)c1. The Morgan fingerprint density at radius 2 is 1.72 bits per heavy atom. The number of aryl methyl sites for hydroxylation is 1. The van der Waals surface area contributed by atoms with Crippen LogP contribution in [0.1, 0.15) is 88.1 Å². The molecule has 1 atom stereocenters. The van der Waals surface area contributed by atoms with Crippen LogP contribution in [0.3, 0.4) is 0 Å². The second-order valence-electron chi connectivity index (χ2n) is 10.1. The van der Waals surface area contributed by atoms with E-state index in [-0.39, 0.29) is 22.9 Å². The topological polar surface area (TPSA) is 64.3 Å². The molecule has 0 fully saturated rings. The van der Waals surface area contributed by atoms with E-state index in [2.05, 4.69) is 23.9 Å². The lowest BCUT2D eigenvalue weighted by Gasteiger charge is -2.23. The van der Waals surface area contributed by atoms with Crippen LogP contribution in [0.2, 0.25) is 5.02 Å². The van der Waals surface area contributed by atoms with Gasteiger partial charge in [0, 0.05) is 17.3 Å². The third-order valence-electron chi connectivity index (χ3n) is 6.01. The van der Waals surface area contributed by atoms with Gasteiger partial charge in [0.05, 0.1) is 33.7 Å². The number of hydrogen-bond acceptors (Lipinski definition) is 4. The van der Waals surface area contributed by atoms with Crippen molar-refractivity contribution in [2.24, 2.45) is 10.9 Å². The number of carbonyl (C=O) groups is 2. The van der Waals surface area contributed by atoms with Gasteiger partial charge in [-0.1, -0.05) is 51.4 Å². The van der Waals surface area contributed by atoms with Gasteiger partial charge in [-0.15, -0.1) is 0 Å². The molecule has 2 aromatic carbocycles. The smallest absolute Gasteiger partial charge is 0.208 e. The van der Waals surface area contributed by atoms with Crippen LogP contribution in [0.4, 0.5) is 4.39 Å². The lowest BCUT2D eigenvalue weighted by atomic mass is 9.95. The van der Waals surface area contributed by atoms with E-state index in [1.54, 1.807) is 35.3 Å². The van der Waals surface area contributed by atoms with E-state index in [0.717, 1.165) is 23.2 Å². The van der Waals surface area contributed by atoms with Crippen molar-refractivity contribution in [3.63, 3.8) is 0 Å². The van der Waals surface area contributed by atoms with Crippen molar-refractivity contribution < 1.29 is 14.0 Å². The summed E-state index contributed by atoms with van der Waals surface area (Å²) in [5.41, 5.74) is 4.11. The average Bonchev–Trinajstić information content (AvgIpc) is 3.37. The molecule has 5 nitrogen and oxygen atoms in total. The molecule has 0 N–H and O–H groups in total. The van der Waals surface area contributed by atoms with Crippen LogP contribution in [0.5, 0.6) is 0 Å². The molecule has 4 rings (SSSR count). The van der Waals surface area contributed by atoms with Crippen LogP contribution in [-0.2, 0) is 12.0 Å². The highest BCUT2D eigenvalue weighted by Crippen LogP contribution is 2.29. The fourth-order valence-electron chi connectivity index (χ4n) is 3.98. The maximum absolute atomic E-state index is 13.0. The molecule has 3 aromatic rings.